The van der Waals surface area contributed by atoms with Gasteiger partial charge in [-0.25, -0.2) is 0 Å². The van der Waals surface area contributed by atoms with Crippen molar-refractivity contribution in [2.45, 2.75) is 6.17 Å². The highest BCUT2D eigenvalue weighted by atomic mass is 16.6. The Hall–Kier alpha value is -3.48. The first-order valence-corrected chi connectivity index (χ1v) is 8.78. The van der Waals surface area contributed by atoms with Gasteiger partial charge in [-0.3, -0.25) is 9.89 Å². The van der Waals surface area contributed by atoms with E-state index in [-0.39, 0.29) is 12.1 Å². The van der Waals surface area contributed by atoms with Gasteiger partial charge in [0.1, 0.15) is 19.4 Å². The minimum absolute atomic E-state index is 0.0244. The Balaban J connectivity index is 1.55. The SMILES string of the molecule is CN1C(=O)c2ccccc2N[C@H]1c1cn[nH]c1-c1ccc2c(c1)OCCO2. The van der Waals surface area contributed by atoms with E-state index < -0.39 is 0 Å². The van der Waals surface area contributed by atoms with Crippen LogP contribution in [0.1, 0.15) is 22.1 Å². The summed E-state index contributed by atoms with van der Waals surface area (Å²) in [4.78, 5) is 14.5. The normalized spacial score (nSPS) is 18.0. The molecule has 2 aliphatic heterocycles. The lowest BCUT2D eigenvalue weighted by Crippen LogP contribution is -2.40. The summed E-state index contributed by atoms with van der Waals surface area (Å²) in [5, 5.41) is 10.7. The Kier molecular flexibility index (Phi) is 3.53. The maximum Gasteiger partial charge on any atom is 0.257 e. The Labute approximate surface area is 155 Å². The van der Waals surface area contributed by atoms with Crippen LogP contribution in [0.2, 0.25) is 0 Å². The molecule has 7 heteroatoms. The summed E-state index contributed by atoms with van der Waals surface area (Å²) in [6, 6.07) is 13.3. The molecule has 2 aliphatic rings. The quantitative estimate of drug-likeness (QED) is 0.732. The average molecular weight is 362 g/mol. The van der Waals surface area contributed by atoms with E-state index in [1.54, 1.807) is 18.1 Å². The minimum Gasteiger partial charge on any atom is -0.486 e. The fraction of sp³-hybridized carbons (Fsp3) is 0.200. The molecule has 7 nitrogen and oxygen atoms in total. The van der Waals surface area contributed by atoms with Crippen LogP contribution in [0, 0.1) is 0 Å². The number of aromatic amines is 1. The van der Waals surface area contributed by atoms with Crippen LogP contribution in [-0.4, -0.2) is 41.3 Å². The Bertz CT molecular complexity index is 1030. The van der Waals surface area contributed by atoms with Gasteiger partial charge < -0.3 is 19.7 Å². The molecule has 0 unspecified atom stereocenters. The highest BCUT2D eigenvalue weighted by Gasteiger charge is 2.32. The van der Waals surface area contributed by atoms with Gasteiger partial charge in [0, 0.05) is 23.9 Å². The van der Waals surface area contributed by atoms with E-state index in [2.05, 4.69) is 15.5 Å². The number of hydrogen-bond acceptors (Lipinski definition) is 5. The molecular formula is C20H18N4O3. The molecule has 1 aromatic heterocycles. The zero-order valence-electron chi connectivity index (χ0n) is 14.7. The lowest BCUT2D eigenvalue weighted by molar-refractivity contribution is 0.0736. The summed E-state index contributed by atoms with van der Waals surface area (Å²) in [5.41, 5.74) is 4.13. The molecule has 0 spiro atoms. The summed E-state index contributed by atoms with van der Waals surface area (Å²) < 4.78 is 11.3. The first-order chi connectivity index (χ1) is 13.2. The lowest BCUT2D eigenvalue weighted by Gasteiger charge is -2.35. The second kappa shape index (κ2) is 6.05. The zero-order valence-corrected chi connectivity index (χ0v) is 14.7. The van der Waals surface area contributed by atoms with E-state index in [0.29, 0.717) is 24.5 Å². The zero-order chi connectivity index (χ0) is 18.4. The van der Waals surface area contributed by atoms with Gasteiger partial charge >= 0.3 is 0 Å². The Morgan fingerprint density at radius 3 is 2.81 bits per heavy atom. The van der Waals surface area contributed by atoms with Gasteiger partial charge in [-0.2, -0.15) is 5.10 Å². The number of fused-ring (bicyclic) bond motifs is 2. The molecule has 0 radical (unpaired) electrons. The molecule has 27 heavy (non-hydrogen) atoms. The second-order valence-corrected chi connectivity index (χ2v) is 6.57. The number of nitrogens with zero attached hydrogens (tertiary/aromatic N) is 2. The number of rotatable bonds is 2. The number of carbonyl (C=O) groups excluding carboxylic acids is 1. The fourth-order valence-corrected chi connectivity index (χ4v) is 3.57. The number of amides is 1. The number of aromatic nitrogens is 2. The van der Waals surface area contributed by atoms with E-state index in [9.17, 15) is 4.79 Å². The molecule has 3 aromatic rings. The smallest absolute Gasteiger partial charge is 0.257 e. The number of hydrogen-bond donors (Lipinski definition) is 2. The number of carbonyl (C=O) groups is 1. The van der Waals surface area contributed by atoms with E-state index in [4.69, 9.17) is 9.47 Å². The molecule has 3 heterocycles. The summed E-state index contributed by atoms with van der Waals surface area (Å²) >= 11 is 0. The molecule has 2 aromatic carbocycles. The summed E-state index contributed by atoms with van der Waals surface area (Å²) in [6.07, 6.45) is 1.43. The molecule has 0 aliphatic carbocycles. The van der Waals surface area contributed by atoms with Gasteiger partial charge in [-0.1, -0.05) is 12.1 Å². The largest absolute Gasteiger partial charge is 0.486 e. The van der Waals surface area contributed by atoms with Crippen LogP contribution >= 0.6 is 0 Å². The van der Waals surface area contributed by atoms with Gasteiger partial charge in [-0.05, 0) is 30.3 Å². The molecular weight excluding hydrogens is 344 g/mol. The second-order valence-electron chi connectivity index (χ2n) is 6.57. The van der Waals surface area contributed by atoms with Crippen molar-refractivity contribution >= 4 is 11.6 Å². The highest BCUT2D eigenvalue weighted by molar-refractivity contribution is 6.01. The molecule has 0 bridgehead atoms. The molecule has 2 N–H and O–H groups in total. The summed E-state index contributed by atoms with van der Waals surface area (Å²) in [7, 11) is 1.79. The van der Waals surface area contributed by atoms with Crippen molar-refractivity contribution in [2.24, 2.45) is 0 Å². The van der Waals surface area contributed by atoms with Crippen LogP contribution in [0.5, 0.6) is 11.5 Å². The average Bonchev–Trinajstić information content (AvgIpc) is 3.20. The van der Waals surface area contributed by atoms with Crippen LogP contribution < -0.4 is 14.8 Å². The topological polar surface area (TPSA) is 79.5 Å². The maximum absolute atomic E-state index is 12.8. The van der Waals surface area contributed by atoms with Crippen LogP contribution in [0.15, 0.2) is 48.7 Å². The number of H-pyrrole nitrogens is 1. The Morgan fingerprint density at radius 1 is 1.11 bits per heavy atom. The maximum atomic E-state index is 12.8. The first-order valence-electron chi connectivity index (χ1n) is 8.78. The fourth-order valence-electron chi connectivity index (χ4n) is 3.57. The number of nitrogens with one attached hydrogen (secondary N) is 2. The number of anilines is 1. The molecule has 5 rings (SSSR count). The van der Waals surface area contributed by atoms with Gasteiger partial charge in [-0.15, -0.1) is 0 Å². The van der Waals surface area contributed by atoms with Crippen molar-refractivity contribution in [1.82, 2.24) is 15.1 Å². The number of ether oxygens (including phenoxy) is 2. The van der Waals surface area contributed by atoms with E-state index in [1.165, 1.54) is 0 Å². The van der Waals surface area contributed by atoms with Crippen LogP contribution in [0.3, 0.4) is 0 Å². The highest BCUT2D eigenvalue weighted by Crippen LogP contribution is 2.38. The summed E-state index contributed by atoms with van der Waals surface area (Å²) in [5.74, 6) is 1.43. The standard InChI is InChI=1S/C20H18N4O3/c1-24-19(22-15-5-3-2-4-13(15)20(24)25)14-11-21-23-18(14)12-6-7-16-17(10-12)27-9-8-26-16/h2-7,10-11,19,22H,8-9H2,1H3,(H,21,23)/t19-/m1/s1. The van der Waals surface area contributed by atoms with Crippen LogP contribution in [0.4, 0.5) is 5.69 Å². The number of benzene rings is 2. The third kappa shape index (κ3) is 2.51. The molecule has 0 saturated carbocycles. The first kappa shape index (κ1) is 15.7. The van der Waals surface area contributed by atoms with Crippen LogP contribution in [0.25, 0.3) is 11.3 Å². The van der Waals surface area contributed by atoms with Crippen molar-refractivity contribution in [3.63, 3.8) is 0 Å². The third-order valence-electron chi connectivity index (χ3n) is 4.95. The third-order valence-corrected chi connectivity index (χ3v) is 4.95. The predicted octanol–water partition coefficient (Wildman–Crippen LogP) is 3.04. The molecule has 136 valence electrons. The molecule has 0 fully saturated rings. The predicted molar refractivity (Wildman–Crippen MR) is 99.9 cm³/mol. The van der Waals surface area contributed by atoms with Gasteiger partial charge in [0.2, 0.25) is 0 Å². The van der Waals surface area contributed by atoms with Crippen molar-refractivity contribution in [3.05, 3.63) is 59.8 Å². The lowest BCUT2D eigenvalue weighted by atomic mass is 10.0. The van der Waals surface area contributed by atoms with Crippen molar-refractivity contribution in [3.8, 4) is 22.8 Å². The molecule has 1 amide bonds. The van der Waals surface area contributed by atoms with Gasteiger partial charge in [0.15, 0.2) is 11.5 Å². The van der Waals surface area contributed by atoms with Crippen LogP contribution in [-0.2, 0) is 0 Å². The van der Waals surface area contributed by atoms with E-state index in [1.807, 2.05) is 42.5 Å². The van der Waals surface area contributed by atoms with Crippen molar-refractivity contribution < 1.29 is 14.3 Å². The molecule has 0 saturated heterocycles. The van der Waals surface area contributed by atoms with Gasteiger partial charge in [0.05, 0.1) is 17.5 Å². The van der Waals surface area contributed by atoms with E-state index >= 15 is 0 Å². The monoisotopic (exact) mass is 362 g/mol. The number of para-hydroxylation sites is 1. The van der Waals surface area contributed by atoms with Crippen molar-refractivity contribution in [1.29, 1.82) is 0 Å². The molecule has 1 atom stereocenters. The minimum atomic E-state index is -0.325. The van der Waals surface area contributed by atoms with Gasteiger partial charge in [0.25, 0.3) is 5.91 Å². The van der Waals surface area contributed by atoms with Crippen molar-refractivity contribution in [2.75, 3.05) is 25.6 Å². The van der Waals surface area contributed by atoms with E-state index in [0.717, 1.165) is 28.3 Å². The summed E-state index contributed by atoms with van der Waals surface area (Å²) in [6.45, 7) is 1.09. The Morgan fingerprint density at radius 2 is 1.93 bits per heavy atom.